The highest BCUT2D eigenvalue weighted by Crippen LogP contribution is 2.31. The van der Waals surface area contributed by atoms with Crippen molar-refractivity contribution in [2.75, 3.05) is 14.2 Å². The lowest BCUT2D eigenvalue weighted by Crippen LogP contribution is -2.06. The number of rotatable bonds is 4. The van der Waals surface area contributed by atoms with Gasteiger partial charge in [0.05, 0.1) is 20.3 Å². The quantitative estimate of drug-likeness (QED) is 0.856. The average molecular weight is 248 g/mol. The van der Waals surface area contributed by atoms with Crippen LogP contribution in [0.2, 0.25) is 0 Å². The molecule has 0 saturated heterocycles. The Kier molecular flexibility index (Phi) is 3.47. The van der Waals surface area contributed by atoms with Gasteiger partial charge in [0, 0.05) is 5.56 Å². The SMILES string of the molecule is COc1ccc(-c2n[nH]c([C@@H](C)N)n2)cc1OC. The van der Waals surface area contributed by atoms with E-state index in [1.807, 2.05) is 25.1 Å². The number of benzene rings is 1. The molecule has 0 radical (unpaired) electrons. The summed E-state index contributed by atoms with van der Waals surface area (Å²) in [5.41, 5.74) is 6.57. The first-order chi connectivity index (χ1) is 8.65. The number of hydrogen-bond acceptors (Lipinski definition) is 5. The van der Waals surface area contributed by atoms with Crippen molar-refractivity contribution in [1.29, 1.82) is 0 Å². The second-order valence-electron chi connectivity index (χ2n) is 3.90. The van der Waals surface area contributed by atoms with Crippen molar-refractivity contribution in [3.05, 3.63) is 24.0 Å². The minimum absolute atomic E-state index is 0.175. The standard InChI is InChI=1S/C12H16N4O2/c1-7(13)11-14-12(16-15-11)8-4-5-9(17-2)10(6-8)18-3/h4-7H,13H2,1-3H3,(H,14,15,16)/t7-/m1/s1. The highest BCUT2D eigenvalue weighted by molar-refractivity contribution is 5.60. The summed E-state index contributed by atoms with van der Waals surface area (Å²) >= 11 is 0. The molecule has 0 aliphatic carbocycles. The molecule has 1 aromatic carbocycles. The van der Waals surface area contributed by atoms with Crippen LogP contribution in [0.3, 0.4) is 0 Å². The fraction of sp³-hybridized carbons (Fsp3) is 0.333. The van der Waals surface area contributed by atoms with E-state index < -0.39 is 0 Å². The number of H-pyrrole nitrogens is 1. The second-order valence-corrected chi connectivity index (χ2v) is 3.90. The van der Waals surface area contributed by atoms with Gasteiger partial charge in [0.1, 0.15) is 5.82 Å². The fourth-order valence-corrected chi connectivity index (χ4v) is 1.58. The van der Waals surface area contributed by atoms with Crippen molar-refractivity contribution < 1.29 is 9.47 Å². The average Bonchev–Trinajstić information content (AvgIpc) is 2.87. The predicted molar refractivity (Wildman–Crippen MR) is 67.5 cm³/mol. The molecule has 0 unspecified atom stereocenters. The van der Waals surface area contributed by atoms with Crippen LogP contribution in [-0.4, -0.2) is 29.4 Å². The maximum absolute atomic E-state index is 5.73. The maximum atomic E-state index is 5.73. The fourth-order valence-electron chi connectivity index (χ4n) is 1.58. The Morgan fingerprint density at radius 2 is 1.94 bits per heavy atom. The van der Waals surface area contributed by atoms with Gasteiger partial charge in [0.15, 0.2) is 17.3 Å². The smallest absolute Gasteiger partial charge is 0.181 e. The first-order valence-corrected chi connectivity index (χ1v) is 5.56. The van der Waals surface area contributed by atoms with E-state index in [4.69, 9.17) is 15.2 Å². The number of ether oxygens (including phenoxy) is 2. The molecule has 3 N–H and O–H groups in total. The van der Waals surface area contributed by atoms with Gasteiger partial charge in [-0.25, -0.2) is 4.98 Å². The van der Waals surface area contributed by atoms with Crippen LogP contribution < -0.4 is 15.2 Å². The lowest BCUT2D eigenvalue weighted by molar-refractivity contribution is 0.355. The maximum Gasteiger partial charge on any atom is 0.181 e. The van der Waals surface area contributed by atoms with Crippen LogP contribution in [0.25, 0.3) is 11.4 Å². The summed E-state index contributed by atoms with van der Waals surface area (Å²) in [4.78, 5) is 4.32. The third-order valence-corrected chi connectivity index (χ3v) is 2.58. The Bertz CT molecular complexity index is 537. The summed E-state index contributed by atoms with van der Waals surface area (Å²) in [6.45, 7) is 1.85. The zero-order valence-corrected chi connectivity index (χ0v) is 10.6. The molecule has 0 aliphatic heterocycles. The molecule has 6 nitrogen and oxygen atoms in total. The molecule has 1 heterocycles. The number of nitrogens with zero attached hydrogens (tertiary/aromatic N) is 2. The van der Waals surface area contributed by atoms with E-state index in [1.165, 1.54) is 0 Å². The number of methoxy groups -OCH3 is 2. The van der Waals surface area contributed by atoms with E-state index in [-0.39, 0.29) is 6.04 Å². The molecular weight excluding hydrogens is 232 g/mol. The third-order valence-electron chi connectivity index (χ3n) is 2.58. The Labute approximate surface area is 105 Å². The molecule has 2 rings (SSSR count). The van der Waals surface area contributed by atoms with E-state index in [2.05, 4.69) is 15.2 Å². The van der Waals surface area contributed by atoms with E-state index in [1.54, 1.807) is 14.2 Å². The van der Waals surface area contributed by atoms with Crippen molar-refractivity contribution in [2.45, 2.75) is 13.0 Å². The van der Waals surface area contributed by atoms with Gasteiger partial charge in [-0.2, -0.15) is 5.10 Å². The molecular formula is C12H16N4O2. The van der Waals surface area contributed by atoms with Crippen LogP contribution in [0, 0.1) is 0 Å². The zero-order valence-electron chi connectivity index (χ0n) is 10.6. The highest BCUT2D eigenvalue weighted by Gasteiger charge is 2.11. The zero-order chi connectivity index (χ0) is 13.1. The number of nitrogens with two attached hydrogens (primary N) is 1. The van der Waals surface area contributed by atoms with Crippen molar-refractivity contribution in [3.8, 4) is 22.9 Å². The molecule has 18 heavy (non-hydrogen) atoms. The van der Waals surface area contributed by atoms with Gasteiger partial charge in [-0.15, -0.1) is 0 Å². The first kappa shape index (κ1) is 12.4. The Morgan fingerprint density at radius 1 is 1.22 bits per heavy atom. The first-order valence-electron chi connectivity index (χ1n) is 5.56. The van der Waals surface area contributed by atoms with Gasteiger partial charge in [0.25, 0.3) is 0 Å². The molecule has 96 valence electrons. The van der Waals surface area contributed by atoms with Crippen LogP contribution in [-0.2, 0) is 0 Å². The highest BCUT2D eigenvalue weighted by atomic mass is 16.5. The molecule has 0 spiro atoms. The Morgan fingerprint density at radius 3 is 2.50 bits per heavy atom. The molecule has 0 fully saturated rings. The minimum atomic E-state index is -0.175. The molecule has 1 atom stereocenters. The third kappa shape index (κ3) is 2.28. The number of hydrogen-bond donors (Lipinski definition) is 2. The van der Waals surface area contributed by atoms with E-state index in [0.717, 1.165) is 5.56 Å². The van der Waals surface area contributed by atoms with E-state index in [0.29, 0.717) is 23.1 Å². The van der Waals surface area contributed by atoms with Gasteiger partial charge in [-0.05, 0) is 25.1 Å². The minimum Gasteiger partial charge on any atom is -0.493 e. The topological polar surface area (TPSA) is 86.0 Å². The van der Waals surface area contributed by atoms with Crippen LogP contribution in [0.15, 0.2) is 18.2 Å². The Balaban J connectivity index is 2.38. The summed E-state index contributed by atoms with van der Waals surface area (Å²) in [6.07, 6.45) is 0. The van der Waals surface area contributed by atoms with Gasteiger partial charge in [0.2, 0.25) is 0 Å². The summed E-state index contributed by atoms with van der Waals surface area (Å²) in [5.74, 6) is 2.55. The summed E-state index contributed by atoms with van der Waals surface area (Å²) in [6, 6.07) is 5.34. The van der Waals surface area contributed by atoms with Crippen LogP contribution in [0.4, 0.5) is 0 Å². The van der Waals surface area contributed by atoms with Gasteiger partial charge in [-0.3, -0.25) is 5.10 Å². The van der Waals surface area contributed by atoms with E-state index in [9.17, 15) is 0 Å². The molecule has 0 amide bonds. The Hall–Kier alpha value is -2.08. The van der Waals surface area contributed by atoms with Crippen molar-refractivity contribution >= 4 is 0 Å². The molecule has 0 saturated carbocycles. The van der Waals surface area contributed by atoms with Crippen molar-refractivity contribution in [2.24, 2.45) is 5.73 Å². The van der Waals surface area contributed by atoms with Crippen LogP contribution in [0.5, 0.6) is 11.5 Å². The summed E-state index contributed by atoms with van der Waals surface area (Å²) < 4.78 is 10.4. The van der Waals surface area contributed by atoms with Gasteiger partial charge in [-0.1, -0.05) is 0 Å². The number of nitrogens with one attached hydrogen (secondary N) is 1. The number of aromatic nitrogens is 3. The molecule has 2 aromatic rings. The largest absolute Gasteiger partial charge is 0.493 e. The van der Waals surface area contributed by atoms with Crippen molar-refractivity contribution in [3.63, 3.8) is 0 Å². The van der Waals surface area contributed by atoms with Crippen LogP contribution >= 0.6 is 0 Å². The van der Waals surface area contributed by atoms with E-state index >= 15 is 0 Å². The van der Waals surface area contributed by atoms with Gasteiger partial charge < -0.3 is 15.2 Å². The number of aromatic amines is 1. The lowest BCUT2D eigenvalue weighted by Gasteiger charge is -2.07. The molecule has 0 aliphatic rings. The monoisotopic (exact) mass is 248 g/mol. The predicted octanol–water partition coefficient (Wildman–Crippen LogP) is 1.51. The molecule has 1 aromatic heterocycles. The second kappa shape index (κ2) is 5.05. The van der Waals surface area contributed by atoms with Crippen LogP contribution in [0.1, 0.15) is 18.8 Å². The van der Waals surface area contributed by atoms with Crippen molar-refractivity contribution in [1.82, 2.24) is 15.2 Å². The molecule has 0 bridgehead atoms. The van der Waals surface area contributed by atoms with Gasteiger partial charge >= 0.3 is 0 Å². The summed E-state index contributed by atoms with van der Waals surface area (Å²) in [5, 5.41) is 6.94. The summed E-state index contributed by atoms with van der Waals surface area (Å²) in [7, 11) is 3.19. The molecule has 6 heteroatoms. The normalized spacial score (nSPS) is 12.2. The lowest BCUT2D eigenvalue weighted by atomic mass is 10.2.